The minimum Gasteiger partial charge on any atom is -0.480 e. The van der Waals surface area contributed by atoms with E-state index in [1.807, 2.05) is 0 Å². The molecule has 0 aromatic carbocycles. The largest absolute Gasteiger partial charge is 0.480 e. The van der Waals surface area contributed by atoms with E-state index in [1.165, 1.54) is 0 Å². The third-order valence-corrected chi connectivity index (χ3v) is 1.97. The number of ether oxygens (including phenoxy) is 1. The van der Waals surface area contributed by atoms with E-state index in [1.54, 1.807) is 6.26 Å². The predicted octanol–water partition coefficient (Wildman–Crippen LogP) is 2.23. The third-order valence-electron chi connectivity index (χ3n) is 1.41. The lowest BCUT2D eigenvalue weighted by Gasteiger charge is -2.10. The molecule has 1 heterocycles. The van der Waals surface area contributed by atoms with Gasteiger partial charge in [-0.05, 0) is 6.26 Å². The average molecular weight is 224 g/mol. The highest BCUT2D eigenvalue weighted by Crippen LogP contribution is 2.34. The zero-order valence-corrected chi connectivity index (χ0v) is 8.24. The van der Waals surface area contributed by atoms with Crippen LogP contribution in [0.1, 0.15) is 5.56 Å². The van der Waals surface area contributed by atoms with Crippen LogP contribution in [0.4, 0.5) is 13.2 Å². The van der Waals surface area contributed by atoms with E-state index < -0.39 is 17.6 Å². The van der Waals surface area contributed by atoms with Crippen LogP contribution in [0, 0.1) is 0 Å². The van der Waals surface area contributed by atoms with Crippen LogP contribution in [0.25, 0.3) is 0 Å². The molecule has 0 radical (unpaired) electrons. The molecule has 0 unspecified atom stereocenters. The van der Waals surface area contributed by atoms with E-state index in [4.69, 9.17) is 0 Å². The number of thioether (sulfide) groups is 1. The summed E-state index contributed by atoms with van der Waals surface area (Å²) < 4.78 is 41.4. The second-order valence-corrected chi connectivity index (χ2v) is 3.05. The molecule has 78 valence electrons. The maximum atomic E-state index is 12.3. The summed E-state index contributed by atoms with van der Waals surface area (Å²) in [6.45, 7) is 0. The summed E-state index contributed by atoms with van der Waals surface area (Å²) >= 11 is 1.15. The quantitative estimate of drug-likeness (QED) is 0.570. The van der Waals surface area contributed by atoms with Gasteiger partial charge >= 0.3 is 6.18 Å². The van der Waals surface area contributed by atoms with Crippen molar-refractivity contribution in [3.63, 3.8) is 0 Å². The van der Waals surface area contributed by atoms with Crippen LogP contribution in [0.2, 0.25) is 0 Å². The van der Waals surface area contributed by atoms with Crippen LogP contribution in [0.5, 0.6) is 5.88 Å². The first kappa shape index (κ1) is 11.1. The zero-order chi connectivity index (χ0) is 10.8. The Labute approximate surface area is 82.7 Å². The summed E-state index contributed by atoms with van der Waals surface area (Å²) in [7, 11) is 1.14. The molecule has 14 heavy (non-hydrogen) atoms. The van der Waals surface area contributed by atoms with Crippen LogP contribution in [0.3, 0.4) is 0 Å². The maximum absolute atomic E-state index is 12.3. The fourth-order valence-corrected chi connectivity index (χ4v) is 1.13. The van der Waals surface area contributed by atoms with Crippen LogP contribution in [-0.4, -0.2) is 23.3 Å². The lowest BCUT2D eigenvalue weighted by atomic mass is 10.3. The van der Waals surface area contributed by atoms with Crippen molar-refractivity contribution >= 4 is 11.8 Å². The van der Waals surface area contributed by atoms with E-state index in [-0.39, 0.29) is 5.16 Å². The minimum absolute atomic E-state index is 0.245. The molecule has 0 saturated heterocycles. The molecular weight excluding hydrogens is 217 g/mol. The first-order valence-corrected chi connectivity index (χ1v) is 4.73. The molecule has 0 fully saturated rings. The van der Waals surface area contributed by atoms with Gasteiger partial charge in [0.15, 0.2) is 5.16 Å². The predicted molar refractivity (Wildman–Crippen MR) is 45.4 cm³/mol. The summed E-state index contributed by atoms with van der Waals surface area (Å²) in [6, 6.07) is 0. The fourth-order valence-electron chi connectivity index (χ4n) is 0.799. The molecule has 0 N–H and O–H groups in total. The number of hydrogen-bond donors (Lipinski definition) is 0. The Balaban J connectivity index is 3.18. The molecule has 0 spiro atoms. The number of halogens is 3. The Kier molecular flexibility index (Phi) is 3.20. The van der Waals surface area contributed by atoms with E-state index in [0.29, 0.717) is 0 Å². The molecule has 7 heteroatoms. The molecule has 1 aromatic heterocycles. The van der Waals surface area contributed by atoms with E-state index in [2.05, 4.69) is 14.7 Å². The van der Waals surface area contributed by atoms with E-state index in [0.717, 1.165) is 25.1 Å². The van der Waals surface area contributed by atoms with Crippen molar-refractivity contribution in [1.29, 1.82) is 0 Å². The summed E-state index contributed by atoms with van der Waals surface area (Å²) in [5.41, 5.74) is -0.960. The van der Waals surface area contributed by atoms with Crippen LogP contribution < -0.4 is 4.74 Å². The van der Waals surface area contributed by atoms with Gasteiger partial charge in [0.1, 0.15) is 5.56 Å². The van der Waals surface area contributed by atoms with Crippen LogP contribution in [-0.2, 0) is 6.18 Å². The van der Waals surface area contributed by atoms with E-state index >= 15 is 0 Å². The van der Waals surface area contributed by atoms with Gasteiger partial charge in [0.2, 0.25) is 5.88 Å². The Bertz CT molecular complexity index is 329. The first-order valence-electron chi connectivity index (χ1n) is 3.51. The highest BCUT2D eigenvalue weighted by molar-refractivity contribution is 7.98. The molecule has 0 amide bonds. The highest BCUT2D eigenvalue weighted by Gasteiger charge is 2.35. The van der Waals surface area contributed by atoms with Crippen molar-refractivity contribution < 1.29 is 17.9 Å². The van der Waals surface area contributed by atoms with Gasteiger partial charge in [0, 0.05) is 6.20 Å². The van der Waals surface area contributed by atoms with Crippen molar-refractivity contribution in [3.8, 4) is 5.88 Å². The lowest BCUT2D eigenvalue weighted by Crippen LogP contribution is -2.10. The summed E-state index contributed by atoms with van der Waals surface area (Å²) in [4.78, 5) is 7.11. The molecule has 0 aliphatic carbocycles. The maximum Gasteiger partial charge on any atom is 0.423 e. The number of nitrogens with zero attached hydrogens (tertiary/aromatic N) is 2. The van der Waals surface area contributed by atoms with Crippen molar-refractivity contribution in [3.05, 3.63) is 11.8 Å². The minimum atomic E-state index is -4.48. The van der Waals surface area contributed by atoms with Gasteiger partial charge in [0.05, 0.1) is 7.11 Å². The smallest absolute Gasteiger partial charge is 0.423 e. The zero-order valence-electron chi connectivity index (χ0n) is 7.42. The Hall–Kier alpha value is -0.980. The van der Waals surface area contributed by atoms with Crippen molar-refractivity contribution in [2.24, 2.45) is 0 Å². The van der Waals surface area contributed by atoms with Gasteiger partial charge in [-0.2, -0.15) is 18.2 Å². The molecule has 1 rings (SSSR count). The summed E-state index contributed by atoms with van der Waals surface area (Å²) in [5, 5.41) is 0.245. The van der Waals surface area contributed by atoms with Gasteiger partial charge < -0.3 is 4.74 Å². The van der Waals surface area contributed by atoms with Gasteiger partial charge in [-0.3, -0.25) is 0 Å². The molecule has 0 aliphatic rings. The first-order chi connectivity index (χ1) is 6.49. The SMILES string of the molecule is COc1nc(SC)ncc1C(F)(F)F. The van der Waals surface area contributed by atoms with Crippen molar-refractivity contribution in [2.75, 3.05) is 13.4 Å². The fraction of sp³-hybridized carbons (Fsp3) is 0.429. The molecule has 0 aliphatic heterocycles. The van der Waals surface area contributed by atoms with Gasteiger partial charge in [-0.15, -0.1) is 0 Å². The van der Waals surface area contributed by atoms with Gasteiger partial charge in [0.25, 0.3) is 0 Å². The molecule has 0 saturated carbocycles. The second kappa shape index (κ2) is 4.04. The number of rotatable bonds is 2. The second-order valence-electron chi connectivity index (χ2n) is 2.28. The van der Waals surface area contributed by atoms with Gasteiger partial charge in [-0.25, -0.2) is 4.98 Å². The Morgan fingerprint density at radius 2 is 2.07 bits per heavy atom. The van der Waals surface area contributed by atoms with Crippen LogP contribution >= 0.6 is 11.8 Å². The normalized spacial score (nSPS) is 11.5. The number of methoxy groups -OCH3 is 1. The average Bonchev–Trinajstić information content (AvgIpc) is 2.15. The lowest BCUT2D eigenvalue weighted by molar-refractivity contribution is -0.139. The molecule has 0 atom stereocenters. The topological polar surface area (TPSA) is 35.0 Å². The Morgan fingerprint density at radius 3 is 2.50 bits per heavy atom. The number of aromatic nitrogens is 2. The molecular formula is C7H7F3N2OS. The van der Waals surface area contributed by atoms with Crippen LogP contribution in [0.15, 0.2) is 11.4 Å². The standard InChI is InChI=1S/C7H7F3N2OS/c1-13-5-4(7(8,9)10)3-11-6(12-5)14-2/h3H,1-2H3. The molecule has 3 nitrogen and oxygen atoms in total. The van der Waals surface area contributed by atoms with E-state index in [9.17, 15) is 13.2 Å². The monoisotopic (exact) mass is 224 g/mol. The summed E-state index contributed by atoms with van der Waals surface area (Å²) in [5.74, 6) is -0.447. The van der Waals surface area contributed by atoms with Crippen molar-refractivity contribution in [1.82, 2.24) is 9.97 Å². The molecule has 0 bridgehead atoms. The van der Waals surface area contributed by atoms with Crippen molar-refractivity contribution in [2.45, 2.75) is 11.3 Å². The number of alkyl halides is 3. The highest BCUT2D eigenvalue weighted by atomic mass is 32.2. The third kappa shape index (κ3) is 2.28. The van der Waals surface area contributed by atoms with Gasteiger partial charge in [-0.1, -0.05) is 11.8 Å². The summed E-state index contributed by atoms with van der Waals surface area (Å²) in [6.07, 6.45) is -2.10. The number of hydrogen-bond acceptors (Lipinski definition) is 4. The molecule has 1 aromatic rings. The Morgan fingerprint density at radius 1 is 1.43 bits per heavy atom.